The first-order chi connectivity index (χ1) is 14.9. The second-order valence-electron chi connectivity index (χ2n) is 6.43. The summed E-state index contributed by atoms with van der Waals surface area (Å²) in [5, 5.41) is 42.7. The van der Waals surface area contributed by atoms with E-state index in [1.54, 1.807) is 0 Å². The molecule has 1 amide bonds. The van der Waals surface area contributed by atoms with Crippen LogP contribution in [0.15, 0.2) is 56.6 Å². The van der Waals surface area contributed by atoms with E-state index >= 15 is 0 Å². The molecule has 2 aromatic rings. The van der Waals surface area contributed by atoms with Gasteiger partial charge in [0.1, 0.15) is 0 Å². The summed E-state index contributed by atoms with van der Waals surface area (Å²) in [6.07, 6.45) is 0. The minimum Gasteiger partial charge on any atom is -0.870 e. The molecule has 0 bridgehead atoms. The number of hydrazone groups is 1. The summed E-state index contributed by atoms with van der Waals surface area (Å²) in [4.78, 5) is 34.5. The maximum absolute atomic E-state index is 12.8. The molecule has 0 fully saturated rings. The van der Waals surface area contributed by atoms with Crippen LogP contribution in [0.3, 0.4) is 0 Å². The van der Waals surface area contributed by atoms with Crippen LogP contribution in [0.4, 0.5) is 11.4 Å². The second-order valence-corrected chi connectivity index (χ2v) is 7.85. The monoisotopic (exact) mass is 484 g/mol. The smallest absolute Gasteiger partial charge is 0.870 e. The first-order valence-corrected chi connectivity index (χ1v) is 10.0. The van der Waals surface area contributed by atoms with E-state index in [2.05, 4.69) is 15.3 Å². The van der Waals surface area contributed by atoms with Gasteiger partial charge in [-0.05, 0) is 31.2 Å². The topological polar surface area (TPSA) is 209 Å². The van der Waals surface area contributed by atoms with E-state index in [1.807, 2.05) is 0 Å². The molecule has 0 aromatic heterocycles. The molecule has 0 spiro atoms. The maximum Gasteiger partial charge on any atom is 1.00 e. The average Bonchev–Trinajstić information content (AvgIpc) is 2.99. The van der Waals surface area contributed by atoms with Crippen molar-refractivity contribution >= 4 is 45.1 Å². The largest absolute Gasteiger partial charge is 1.00 e. The van der Waals surface area contributed by atoms with Gasteiger partial charge >= 0.3 is 41.5 Å². The number of anilines is 1. The van der Waals surface area contributed by atoms with Crippen LogP contribution in [0.1, 0.15) is 27.6 Å². The van der Waals surface area contributed by atoms with Crippen molar-refractivity contribution < 1.29 is 72.2 Å². The number of nitrogens with zero attached hydrogens (tertiary/aromatic N) is 4. The van der Waals surface area contributed by atoms with E-state index in [0.717, 1.165) is 0 Å². The summed E-state index contributed by atoms with van der Waals surface area (Å²) in [7, 11) is -4.92. The minimum atomic E-state index is -4.92. The normalized spacial score (nSPS) is 15.9. The molecular formula is C18H13N4NaO9S. The van der Waals surface area contributed by atoms with E-state index in [-0.39, 0.29) is 46.5 Å². The molecule has 13 nitrogen and oxygen atoms in total. The van der Waals surface area contributed by atoms with Gasteiger partial charge in [-0.25, -0.2) is 9.59 Å². The SMILES string of the molecule is CC1=NN(c2cc(S(=O)(=O)O)cc(C(=O)O)c2[O-])C(=O)C1N=Nc1ccccc1C(=O)O.[Na+]. The minimum absolute atomic E-state index is 0. The van der Waals surface area contributed by atoms with E-state index < -0.39 is 55.9 Å². The number of amides is 1. The van der Waals surface area contributed by atoms with Crippen LogP contribution in [0.5, 0.6) is 5.75 Å². The fourth-order valence-corrected chi connectivity index (χ4v) is 3.30. The standard InChI is InChI=1S/C18H14N4O9S.Na/c1-8-14(20-19-12-5-3-2-4-10(12)17(25)26)16(24)22(21-8)13-7-9(32(29,30)31)6-11(15(13)23)18(27)28;/h2-7,14,23H,1H3,(H,25,26)(H,27,28)(H,29,30,31);/q;+1/p-1. The van der Waals surface area contributed by atoms with Crippen molar-refractivity contribution in [2.75, 3.05) is 5.01 Å². The summed E-state index contributed by atoms with van der Waals surface area (Å²) >= 11 is 0. The third-order valence-corrected chi connectivity index (χ3v) is 5.14. The molecule has 1 heterocycles. The van der Waals surface area contributed by atoms with E-state index in [9.17, 15) is 42.7 Å². The summed E-state index contributed by atoms with van der Waals surface area (Å²) in [6, 6.07) is 5.27. The average molecular weight is 484 g/mol. The molecule has 2 aromatic carbocycles. The Labute approximate surface area is 208 Å². The molecule has 0 saturated heterocycles. The van der Waals surface area contributed by atoms with Crippen LogP contribution in [-0.2, 0) is 14.9 Å². The van der Waals surface area contributed by atoms with Crippen LogP contribution in [0.2, 0.25) is 0 Å². The van der Waals surface area contributed by atoms with Crippen molar-refractivity contribution in [3.63, 3.8) is 0 Å². The van der Waals surface area contributed by atoms with E-state index in [4.69, 9.17) is 0 Å². The van der Waals surface area contributed by atoms with Gasteiger partial charge in [-0.15, -0.1) is 0 Å². The number of hydrogen-bond acceptors (Lipinski definition) is 9. The van der Waals surface area contributed by atoms with Crippen LogP contribution in [0, 0.1) is 0 Å². The van der Waals surface area contributed by atoms with E-state index in [1.165, 1.54) is 31.2 Å². The molecule has 1 atom stereocenters. The number of carbonyl (C=O) groups excluding carboxylic acids is 1. The van der Waals surface area contributed by atoms with Gasteiger partial charge in [0, 0.05) is 0 Å². The fourth-order valence-electron chi connectivity index (χ4n) is 2.78. The number of carbonyl (C=O) groups is 3. The van der Waals surface area contributed by atoms with Gasteiger partial charge in [0.2, 0.25) is 0 Å². The number of benzene rings is 2. The molecule has 166 valence electrons. The Morgan fingerprint density at radius 3 is 2.30 bits per heavy atom. The Bertz CT molecular complexity index is 1320. The van der Waals surface area contributed by atoms with Gasteiger partial charge in [0.05, 0.1) is 33.1 Å². The summed E-state index contributed by atoms with van der Waals surface area (Å²) in [6.45, 7) is 1.35. The van der Waals surface area contributed by atoms with Crippen molar-refractivity contribution in [3.05, 3.63) is 47.5 Å². The predicted molar refractivity (Wildman–Crippen MR) is 105 cm³/mol. The number of rotatable bonds is 6. The van der Waals surface area contributed by atoms with Gasteiger partial charge in [0.25, 0.3) is 16.0 Å². The zero-order chi connectivity index (χ0) is 23.8. The van der Waals surface area contributed by atoms with Gasteiger partial charge < -0.3 is 15.3 Å². The van der Waals surface area contributed by atoms with Crippen LogP contribution in [0.25, 0.3) is 0 Å². The molecule has 1 aliphatic heterocycles. The van der Waals surface area contributed by atoms with Crippen molar-refractivity contribution in [2.45, 2.75) is 17.9 Å². The van der Waals surface area contributed by atoms with Gasteiger partial charge in [0.15, 0.2) is 6.04 Å². The molecule has 0 aliphatic carbocycles. The third kappa shape index (κ3) is 5.26. The van der Waals surface area contributed by atoms with Gasteiger partial charge in [-0.3, -0.25) is 9.35 Å². The fraction of sp³-hybridized carbons (Fsp3) is 0.111. The second kappa shape index (κ2) is 9.76. The quantitative estimate of drug-likeness (QED) is 0.242. The molecule has 15 heteroatoms. The van der Waals surface area contributed by atoms with Gasteiger partial charge in [-0.2, -0.15) is 28.8 Å². The zero-order valence-electron chi connectivity index (χ0n) is 17.0. The molecule has 3 rings (SSSR count). The molecule has 0 radical (unpaired) electrons. The summed E-state index contributed by atoms with van der Waals surface area (Å²) in [5.41, 5.74) is -1.95. The Morgan fingerprint density at radius 2 is 1.73 bits per heavy atom. The zero-order valence-corrected chi connectivity index (χ0v) is 19.8. The Hall–Kier alpha value is -3.17. The molecule has 33 heavy (non-hydrogen) atoms. The molecule has 0 saturated carbocycles. The predicted octanol–water partition coefficient (Wildman–Crippen LogP) is -1.72. The molecule has 1 aliphatic rings. The van der Waals surface area contributed by atoms with Crippen molar-refractivity contribution in [3.8, 4) is 5.75 Å². The van der Waals surface area contributed by atoms with Crippen molar-refractivity contribution in [2.24, 2.45) is 15.3 Å². The summed E-state index contributed by atoms with van der Waals surface area (Å²) in [5.74, 6) is -5.25. The van der Waals surface area contributed by atoms with Crippen molar-refractivity contribution in [1.29, 1.82) is 0 Å². The van der Waals surface area contributed by atoms with E-state index in [0.29, 0.717) is 17.1 Å². The number of hydrogen-bond donors (Lipinski definition) is 3. The van der Waals surface area contributed by atoms with Gasteiger partial charge in [-0.1, -0.05) is 17.9 Å². The first kappa shape index (κ1) is 26.1. The molecule has 3 N–H and O–H groups in total. The number of carboxylic acid groups (broad SMARTS) is 2. The number of azo groups is 1. The Morgan fingerprint density at radius 1 is 1.12 bits per heavy atom. The molecular weight excluding hydrogens is 471 g/mol. The molecule has 1 unspecified atom stereocenters. The van der Waals surface area contributed by atoms with Crippen molar-refractivity contribution in [1.82, 2.24) is 0 Å². The Kier molecular flexibility index (Phi) is 7.72. The number of carboxylic acids is 2. The van der Waals surface area contributed by atoms with Crippen LogP contribution < -0.4 is 39.7 Å². The summed E-state index contributed by atoms with van der Waals surface area (Å²) < 4.78 is 32.2. The van der Waals surface area contributed by atoms with Crippen LogP contribution >= 0.6 is 0 Å². The Balaban J connectivity index is 0.00000385. The maximum atomic E-state index is 12.8. The first-order valence-electron chi connectivity index (χ1n) is 8.60. The third-order valence-electron chi connectivity index (χ3n) is 4.31. The number of aromatic carboxylic acids is 2. The van der Waals surface area contributed by atoms with Crippen LogP contribution in [-0.4, -0.2) is 52.8 Å².